The molecule has 5 heteroatoms. The van der Waals surface area contributed by atoms with Gasteiger partial charge in [0.25, 0.3) is 10.0 Å². The van der Waals surface area contributed by atoms with Crippen LogP contribution in [-0.2, 0) is 10.0 Å². The standard InChI is InChI=1S/C20H18BrNO2S/c1-14-13-20(15(2)12-18(14)21)25(23,24)22-19-11-7-6-10-17(19)16-8-4-3-5-9-16/h3-13,22H,1-2H3. The summed E-state index contributed by atoms with van der Waals surface area (Å²) in [4.78, 5) is 0.288. The summed E-state index contributed by atoms with van der Waals surface area (Å²) in [5, 5.41) is 0. The Hall–Kier alpha value is -2.11. The number of rotatable bonds is 4. The largest absolute Gasteiger partial charge is 0.279 e. The highest BCUT2D eigenvalue weighted by Gasteiger charge is 2.19. The Morgan fingerprint density at radius 2 is 1.48 bits per heavy atom. The highest BCUT2D eigenvalue weighted by Crippen LogP contribution is 2.31. The molecule has 25 heavy (non-hydrogen) atoms. The zero-order valence-electron chi connectivity index (χ0n) is 14.0. The molecule has 0 bridgehead atoms. The molecular formula is C20H18BrNO2S. The topological polar surface area (TPSA) is 46.2 Å². The lowest BCUT2D eigenvalue weighted by Crippen LogP contribution is -2.15. The maximum atomic E-state index is 12.9. The Morgan fingerprint density at radius 1 is 0.840 bits per heavy atom. The molecule has 0 fully saturated rings. The van der Waals surface area contributed by atoms with E-state index in [4.69, 9.17) is 0 Å². The van der Waals surface area contributed by atoms with Crippen LogP contribution in [-0.4, -0.2) is 8.42 Å². The van der Waals surface area contributed by atoms with Gasteiger partial charge < -0.3 is 0 Å². The molecule has 0 aliphatic heterocycles. The van der Waals surface area contributed by atoms with Gasteiger partial charge in [-0.25, -0.2) is 8.42 Å². The summed E-state index contributed by atoms with van der Waals surface area (Å²) in [6.45, 7) is 3.67. The maximum Gasteiger partial charge on any atom is 0.262 e. The monoisotopic (exact) mass is 415 g/mol. The molecular weight excluding hydrogens is 398 g/mol. The summed E-state index contributed by atoms with van der Waals surface area (Å²) in [7, 11) is -3.68. The Morgan fingerprint density at radius 3 is 2.20 bits per heavy atom. The number of sulfonamides is 1. The molecule has 0 aliphatic rings. The fraction of sp³-hybridized carbons (Fsp3) is 0.100. The van der Waals surface area contributed by atoms with E-state index in [0.29, 0.717) is 11.3 Å². The van der Waals surface area contributed by atoms with Crippen LogP contribution in [0.1, 0.15) is 11.1 Å². The summed E-state index contributed by atoms with van der Waals surface area (Å²) < 4.78 is 29.5. The Labute approximate surface area is 156 Å². The second kappa shape index (κ2) is 7.02. The molecule has 0 aromatic heterocycles. The lowest BCUT2D eigenvalue weighted by molar-refractivity contribution is 0.600. The van der Waals surface area contributed by atoms with Gasteiger partial charge in [-0.3, -0.25) is 4.72 Å². The van der Waals surface area contributed by atoms with E-state index in [1.165, 1.54) is 0 Å². The van der Waals surface area contributed by atoms with Crippen molar-refractivity contribution in [1.82, 2.24) is 0 Å². The van der Waals surface area contributed by atoms with Crippen molar-refractivity contribution in [3.05, 3.63) is 82.3 Å². The number of para-hydroxylation sites is 1. The molecule has 1 N–H and O–H groups in total. The van der Waals surface area contributed by atoms with Gasteiger partial charge in [-0.2, -0.15) is 0 Å². The van der Waals surface area contributed by atoms with Crippen LogP contribution in [0.15, 0.2) is 76.1 Å². The number of anilines is 1. The molecule has 0 saturated heterocycles. The van der Waals surface area contributed by atoms with Gasteiger partial charge in [-0.1, -0.05) is 64.5 Å². The number of hydrogen-bond donors (Lipinski definition) is 1. The highest BCUT2D eigenvalue weighted by atomic mass is 79.9. The van der Waals surface area contributed by atoms with Crippen molar-refractivity contribution in [2.24, 2.45) is 0 Å². The van der Waals surface area contributed by atoms with E-state index < -0.39 is 10.0 Å². The minimum absolute atomic E-state index is 0.288. The Bertz CT molecular complexity index is 1020. The molecule has 0 spiro atoms. The van der Waals surface area contributed by atoms with E-state index in [2.05, 4.69) is 20.7 Å². The predicted molar refractivity (Wildman–Crippen MR) is 106 cm³/mol. The van der Waals surface area contributed by atoms with Crippen molar-refractivity contribution in [2.45, 2.75) is 18.7 Å². The normalized spacial score (nSPS) is 11.3. The lowest BCUT2D eigenvalue weighted by Gasteiger charge is -2.15. The zero-order valence-corrected chi connectivity index (χ0v) is 16.4. The van der Waals surface area contributed by atoms with Crippen molar-refractivity contribution in [1.29, 1.82) is 0 Å². The second-order valence-corrected chi connectivity index (χ2v) is 8.39. The molecule has 3 aromatic rings. The molecule has 0 saturated carbocycles. The van der Waals surface area contributed by atoms with E-state index in [1.54, 1.807) is 19.1 Å². The number of nitrogens with one attached hydrogen (secondary N) is 1. The molecule has 0 radical (unpaired) electrons. The van der Waals surface area contributed by atoms with Crippen molar-refractivity contribution in [3.8, 4) is 11.1 Å². The summed E-state index contributed by atoms with van der Waals surface area (Å²) >= 11 is 3.44. The van der Waals surface area contributed by atoms with Crippen LogP contribution >= 0.6 is 15.9 Å². The first-order chi connectivity index (χ1) is 11.9. The predicted octanol–water partition coefficient (Wildman–Crippen LogP) is 5.53. The number of hydrogen-bond acceptors (Lipinski definition) is 2. The third-order valence-electron chi connectivity index (χ3n) is 4.00. The van der Waals surface area contributed by atoms with Crippen LogP contribution in [0.3, 0.4) is 0 Å². The van der Waals surface area contributed by atoms with Gasteiger partial charge in [0.05, 0.1) is 10.6 Å². The van der Waals surface area contributed by atoms with Crippen molar-refractivity contribution >= 4 is 31.6 Å². The molecule has 3 rings (SSSR count). The molecule has 0 atom stereocenters. The van der Waals surface area contributed by atoms with E-state index in [0.717, 1.165) is 21.2 Å². The Kier molecular flexibility index (Phi) is 4.97. The number of halogens is 1. The minimum atomic E-state index is -3.68. The van der Waals surface area contributed by atoms with Crippen molar-refractivity contribution in [2.75, 3.05) is 4.72 Å². The number of benzene rings is 3. The molecule has 3 nitrogen and oxygen atoms in total. The first-order valence-electron chi connectivity index (χ1n) is 7.82. The molecule has 0 amide bonds. The van der Waals surface area contributed by atoms with Crippen LogP contribution in [0.4, 0.5) is 5.69 Å². The fourth-order valence-electron chi connectivity index (χ4n) is 2.69. The van der Waals surface area contributed by atoms with Crippen molar-refractivity contribution in [3.63, 3.8) is 0 Å². The van der Waals surface area contributed by atoms with Crippen molar-refractivity contribution < 1.29 is 8.42 Å². The first-order valence-corrected chi connectivity index (χ1v) is 10.1. The van der Waals surface area contributed by atoms with Crippen LogP contribution in [0.5, 0.6) is 0 Å². The lowest BCUT2D eigenvalue weighted by atomic mass is 10.0. The molecule has 128 valence electrons. The van der Waals surface area contributed by atoms with Gasteiger partial charge in [-0.05, 0) is 48.7 Å². The third-order valence-corrected chi connectivity index (χ3v) is 6.36. The third kappa shape index (κ3) is 3.78. The smallest absolute Gasteiger partial charge is 0.262 e. The highest BCUT2D eigenvalue weighted by molar-refractivity contribution is 9.10. The summed E-state index contributed by atoms with van der Waals surface area (Å²) in [5.74, 6) is 0. The molecule has 3 aromatic carbocycles. The van der Waals surface area contributed by atoms with Crippen LogP contribution in [0.25, 0.3) is 11.1 Å². The average Bonchev–Trinajstić information content (AvgIpc) is 2.59. The number of aryl methyl sites for hydroxylation is 2. The summed E-state index contributed by atoms with van der Waals surface area (Å²) in [5.41, 5.74) is 3.95. The van der Waals surface area contributed by atoms with Gasteiger partial charge in [-0.15, -0.1) is 0 Å². The minimum Gasteiger partial charge on any atom is -0.279 e. The SMILES string of the molecule is Cc1cc(S(=O)(=O)Nc2ccccc2-c2ccccc2)c(C)cc1Br. The van der Waals surface area contributed by atoms with E-state index >= 15 is 0 Å². The summed E-state index contributed by atoms with van der Waals surface area (Å²) in [6, 6.07) is 20.6. The molecule has 0 aliphatic carbocycles. The first kappa shape index (κ1) is 17.7. The van der Waals surface area contributed by atoms with Gasteiger partial charge in [0.1, 0.15) is 0 Å². The van der Waals surface area contributed by atoms with E-state index in [9.17, 15) is 8.42 Å². The van der Waals surface area contributed by atoms with E-state index in [1.807, 2.05) is 61.5 Å². The van der Waals surface area contributed by atoms with Gasteiger partial charge in [0, 0.05) is 10.0 Å². The van der Waals surface area contributed by atoms with E-state index in [-0.39, 0.29) is 4.90 Å². The second-order valence-electron chi connectivity index (χ2n) is 5.88. The van der Waals surface area contributed by atoms with Gasteiger partial charge in [0.15, 0.2) is 0 Å². The average molecular weight is 416 g/mol. The van der Waals surface area contributed by atoms with Gasteiger partial charge in [0.2, 0.25) is 0 Å². The fourth-order valence-corrected chi connectivity index (χ4v) is 4.54. The van der Waals surface area contributed by atoms with Crippen LogP contribution < -0.4 is 4.72 Å². The Balaban J connectivity index is 2.05. The molecule has 0 unspecified atom stereocenters. The van der Waals surface area contributed by atoms with Crippen LogP contribution in [0, 0.1) is 13.8 Å². The maximum absolute atomic E-state index is 12.9. The quantitative estimate of drug-likeness (QED) is 0.608. The zero-order chi connectivity index (χ0) is 18.0. The molecule has 0 heterocycles. The van der Waals surface area contributed by atoms with Crippen LogP contribution in [0.2, 0.25) is 0 Å². The van der Waals surface area contributed by atoms with Gasteiger partial charge >= 0.3 is 0 Å². The summed E-state index contributed by atoms with van der Waals surface area (Å²) in [6.07, 6.45) is 0.